The highest BCUT2D eigenvalue weighted by atomic mass is 35.5. The van der Waals surface area contributed by atoms with Crippen LogP contribution in [-0.4, -0.2) is 37.0 Å². The van der Waals surface area contributed by atoms with Crippen LogP contribution in [0.25, 0.3) is 0 Å². The average molecular weight is 295 g/mol. The number of benzene rings is 1. The second-order valence-corrected chi connectivity index (χ2v) is 5.68. The van der Waals surface area contributed by atoms with Crippen molar-refractivity contribution < 1.29 is 14.3 Å². The van der Waals surface area contributed by atoms with E-state index in [4.69, 9.17) is 16.3 Å². The van der Waals surface area contributed by atoms with Crippen LogP contribution in [0.3, 0.4) is 0 Å². The maximum Gasteiger partial charge on any atom is 0.296 e. The zero-order chi connectivity index (χ0) is 14.4. The number of nitrogens with one attached hydrogen (secondary N) is 1. The Bertz CT molecular complexity index is 602. The van der Waals surface area contributed by atoms with Gasteiger partial charge in [-0.3, -0.25) is 9.59 Å². The van der Waals surface area contributed by atoms with Gasteiger partial charge in [0, 0.05) is 12.6 Å². The van der Waals surface area contributed by atoms with Crippen LogP contribution in [0.15, 0.2) is 12.1 Å². The van der Waals surface area contributed by atoms with E-state index in [9.17, 15) is 9.59 Å². The van der Waals surface area contributed by atoms with Crippen molar-refractivity contribution in [1.29, 1.82) is 0 Å². The molecule has 1 fully saturated rings. The average Bonchev–Trinajstić information content (AvgIpc) is 2.68. The van der Waals surface area contributed by atoms with Gasteiger partial charge in [0.15, 0.2) is 0 Å². The van der Waals surface area contributed by atoms with E-state index < -0.39 is 11.7 Å². The SMILES string of the molecule is CC1CN(c2cc3c(cc2Cl)C(=O)C(=O)N3)C(C)CO1. The van der Waals surface area contributed by atoms with Gasteiger partial charge < -0.3 is 15.0 Å². The summed E-state index contributed by atoms with van der Waals surface area (Å²) >= 11 is 6.29. The molecule has 3 rings (SSSR count). The lowest BCUT2D eigenvalue weighted by Crippen LogP contribution is -2.47. The molecule has 20 heavy (non-hydrogen) atoms. The van der Waals surface area contributed by atoms with Crippen LogP contribution >= 0.6 is 11.6 Å². The molecule has 0 aromatic heterocycles. The predicted octanol–water partition coefficient (Wildman–Crippen LogP) is 2.09. The summed E-state index contributed by atoms with van der Waals surface area (Å²) in [5.74, 6) is -1.13. The summed E-state index contributed by atoms with van der Waals surface area (Å²) < 4.78 is 5.60. The molecule has 0 aliphatic carbocycles. The molecule has 2 heterocycles. The van der Waals surface area contributed by atoms with Crippen molar-refractivity contribution in [1.82, 2.24) is 0 Å². The Kier molecular flexibility index (Phi) is 3.18. The van der Waals surface area contributed by atoms with Gasteiger partial charge in [0.25, 0.3) is 11.7 Å². The largest absolute Gasteiger partial charge is 0.375 e. The molecule has 0 spiro atoms. The number of nitrogens with zero attached hydrogens (tertiary/aromatic N) is 1. The highest BCUT2D eigenvalue weighted by Crippen LogP contribution is 2.36. The fourth-order valence-corrected chi connectivity index (χ4v) is 2.89. The van der Waals surface area contributed by atoms with Gasteiger partial charge in [-0.1, -0.05) is 11.6 Å². The molecule has 1 aromatic carbocycles. The number of hydrogen-bond acceptors (Lipinski definition) is 4. The number of anilines is 2. The van der Waals surface area contributed by atoms with Crippen molar-refractivity contribution in [3.8, 4) is 0 Å². The Morgan fingerprint density at radius 1 is 1.35 bits per heavy atom. The predicted molar refractivity (Wildman–Crippen MR) is 76.6 cm³/mol. The number of rotatable bonds is 1. The maximum absolute atomic E-state index is 11.6. The number of morpholine rings is 1. The third kappa shape index (κ3) is 2.07. The van der Waals surface area contributed by atoms with Crippen molar-refractivity contribution in [2.75, 3.05) is 23.4 Å². The van der Waals surface area contributed by atoms with E-state index in [1.54, 1.807) is 12.1 Å². The molecule has 2 unspecified atom stereocenters. The Hall–Kier alpha value is -1.59. The minimum atomic E-state index is -0.600. The van der Waals surface area contributed by atoms with E-state index in [0.717, 1.165) is 12.2 Å². The van der Waals surface area contributed by atoms with Crippen molar-refractivity contribution in [2.24, 2.45) is 0 Å². The zero-order valence-electron chi connectivity index (χ0n) is 11.3. The van der Waals surface area contributed by atoms with Crippen LogP contribution in [0.2, 0.25) is 5.02 Å². The smallest absolute Gasteiger partial charge is 0.296 e. The lowest BCUT2D eigenvalue weighted by molar-refractivity contribution is -0.112. The molecule has 1 amide bonds. The summed E-state index contributed by atoms with van der Waals surface area (Å²) in [5, 5.41) is 3.06. The molecule has 2 aliphatic rings. The summed E-state index contributed by atoms with van der Waals surface area (Å²) in [7, 11) is 0. The van der Waals surface area contributed by atoms with Gasteiger partial charge in [0.05, 0.1) is 34.7 Å². The molecular weight excluding hydrogens is 280 g/mol. The molecule has 1 aromatic rings. The third-order valence-corrected chi connectivity index (χ3v) is 4.01. The second-order valence-electron chi connectivity index (χ2n) is 5.28. The van der Waals surface area contributed by atoms with Gasteiger partial charge in [-0.15, -0.1) is 0 Å². The van der Waals surface area contributed by atoms with E-state index >= 15 is 0 Å². The standard InChI is InChI=1S/C14H15ClN2O3/c1-7-6-20-8(2)5-17(7)12-4-11-9(3-10(12)15)13(18)14(19)16-11/h3-4,7-8H,5-6H2,1-2H3,(H,16,18,19). The van der Waals surface area contributed by atoms with E-state index in [1.165, 1.54) is 0 Å². The highest BCUT2D eigenvalue weighted by Gasteiger charge is 2.32. The summed E-state index contributed by atoms with van der Waals surface area (Å²) in [6.07, 6.45) is 0.117. The number of fused-ring (bicyclic) bond motifs is 1. The topological polar surface area (TPSA) is 58.6 Å². The van der Waals surface area contributed by atoms with Gasteiger partial charge in [0.1, 0.15) is 0 Å². The molecule has 5 nitrogen and oxygen atoms in total. The number of Topliss-reactive ketones (excluding diaryl/α,β-unsaturated/α-hetero) is 1. The molecular formula is C14H15ClN2O3. The number of amides is 1. The first-order valence-electron chi connectivity index (χ1n) is 6.55. The van der Waals surface area contributed by atoms with E-state index in [1.807, 2.05) is 6.92 Å². The van der Waals surface area contributed by atoms with Crippen molar-refractivity contribution in [2.45, 2.75) is 26.0 Å². The molecule has 2 aliphatic heterocycles. The van der Waals surface area contributed by atoms with Gasteiger partial charge in [-0.05, 0) is 26.0 Å². The van der Waals surface area contributed by atoms with Crippen LogP contribution in [0.1, 0.15) is 24.2 Å². The third-order valence-electron chi connectivity index (χ3n) is 3.70. The first kappa shape index (κ1) is 13.4. The molecule has 1 saturated heterocycles. The monoisotopic (exact) mass is 294 g/mol. The summed E-state index contributed by atoms with van der Waals surface area (Å²) in [6.45, 7) is 5.41. The van der Waals surface area contributed by atoms with Crippen molar-refractivity contribution >= 4 is 34.7 Å². The number of carbonyl (C=O) groups is 2. The van der Waals surface area contributed by atoms with Gasteiger partial charge >= 0.3 is 0 Å². The van der Waals surface area contributed by atoms with Crippen molar-refractivity contribution in [3.63, 3.8) is 0 Å². The molecule has 0 saturated carbocycles. The van der Waals surface area contributed by atoms with E-state index in [-0.39, 0.29) is 12.1 Å². The number of ether oxygens (including phenoxy) is 1. The minimum absolute atomic E-state index is 0.117. The number of carbonyl (C=O) groups excluding carboxylic acids is 2. The molecule has 106 valence electrons. The second kappa shape index (κ2) is 4.75. The summed E-state index contributed by atoms with van der Waals surface area (Å²) in [5.41, 5.74) is 1.70. The van der Waals surface area contributed by atoms with Crippen LogP contribution in [0, 0.1) is 0 Å². The van der Waals surface area contributed by atoms with Crippen LogP contribution < -0.4 is 10.2 Å². The van der Waals surface area contributed by atoms with Crippen LogP contribution in [-0.2, 0) is 9.53 Å². The molecule has 2 atom stereocenters. The fraction of sp³-hybridized carbons (Fsp3) is 0.429. The molecule has 0 radical (unpaired) electrons. The zero-order valence-corrected chi connectivity index (χ0v) is 12.0. The van der Waals surface area contributed by atoms with Crippen LogP contribution in [0.5, 0.6) is 0 Å². The first-order chi connectivity index (χ1) is 9.47. The van der Waals surface area contributed by atoms with E-state index in [0.29, 0.717) is 22.9 Å². The quantitative estimate of drug-likeness (QED) is 0.806. The maximum atomic E-state index is 11.6. The number of ketones is 1. The van der Waals surface area contributed by atoms with Gasteiger partial charge in [-0.2, -0.15) is 0 Å². The summed E-state index contributed by atoms with van der Waals surface area (Å²) in [4.78, 5) is 25.2. The molecule has 6 heteroatoms. The van der Waals surface area contributed by atoms with Gasteiger partial charge in [0.2, 0.25) is 0 Å². The van der Waals surface area contributed by atoms with E-state index in [2.05, 4.69) is 17.1 Å². The first-order valence-corrected chi connectivity index (χ1v) is 6.92. The Balaban J connectivity index is 2.01. The normalized spacial score (nSPS) is 25.6. The van der Waals surface area contributed by atoms with Gasteiger partial charge in [-0.25, -0.2) is 0 Å². The van der Waals surface area contributed by atoms with Crippen molar-refractivity contribution in [3.05, 3.63) is 22.7 Å². The lowest BCUT2D eigenvalue weighted by atomic mass is 10.1. The molecule has 0 bridgehead atoms. The fourth-order valence-electron chi connectivity index (χ4n) is 2.61. The summed E-state index contributed by atoms with van der Waals surface area (Å²) in [6, 6.07) is 3.53. The molecule has 1 N–H and O–H groups in total. The number of halogens is 1. The Morgan fingerprint density at radius 2 is 2.10 bits per heavy atom. The Morgan fingerprint density at radius 3 is 2.85 bits per heavy atom. The lowest BCUT2D eigenvalue weighted by Gasteiger charge is -2.39. The van der Waals surface area contributed by atoms with Crippen LogP contribution in [0.4, 0.5) is 11.4 Å². The highest BCUT2D eigenvalue weighted by molar-refractivity contribution is 6.52. The minimum Gasteiger partial charge on any atom is -0.375 e. The Labute approximate surface area is 121 Å². The number of hydrogen-bond donors (Lipinski definition) is 1.